The molecular weight excluding hydrogens is 424 g/mol. The van der Waals surface area contributed by atoms with Crippen LogP contribution in [0.15, 0.2) is 31.0 Å². The van der Waals surface area contributed by atoms with E-state index in [-0.39, 0.29) is 36.4 Å². The van der Waals surface area contributed by atoms with Gasteiger partial charge >= 0.3 is 6.03 Å². The molecule has 2 N–H and O–H groups in total. The molecule has 2 aromatic heterocycles. The van der Waals surface area contributed by atoms with Crippen LogP contribution in [0.5, 0.6) is 5.88 Å². The van der Waals surface area contributed by atoms with Crippen molar-refractivity contribution < 1.29 is 19.4 Å². The Balaban J connectivity index is 1.97. The topological polar surface area (TPSA) is 121 Å². The number of aliphatic hydroxyl groups is 1. The van der Waals surface area contributed by atoms with Crippen molar-refractivity contribution in [2.75, 3.05) is 26.7 Å². The molecule has 3 amide bonds. The maximum atomic E-state index is 13.5. The van der Waals surface area contributed by atoms with Gasteiger partial charge in [0.05, 0.1) is 19.2 Å². The largest absolute Gasteiger partial charge is 0.472 e. The number of aliphatic hydroxyl groups excluding tert-OH is 1. The number of amides is 3. The average Bonchev–Trinajstić information content (AvgIpc) is 2.80. The standard InChI is InChI=1S/C23H32N6O4/c1-14(2)27-23(32)28(5)11-20-15(3)10-29(16(4)12-30)22(31)19-6-17(9-26-21(19)33-20)18-7-24-13-25-8-18/h6-9,13-16,20,30H,10-12H2,1-5H3,(H,27,32)/t15-,16-,20-/m1/s1. The van der Waals surface area contributed by atoms with E-state index in [9.17, 15) is 14.7 Å². The molecule has 0 unspecified atom stereocenters. The minimum atomic E-state index is -0.411. The molecule has 0 bridgehead atoms. The Morgan fingerprint density at radius 3 is 2.61 bits per heavy atom. The molecule has 3 heterocycles. The van der Waals surface area contributed by atoms with Gasteiger partial charge in [0.15, 0.2) is 0 Å². The van der Waals surface area contributed by atoms with E-state index in [0.29, 0.717) is 24.2 Å². The highest BCUT2D eigenvalue weighted by Crippen LogP contribution is 2.30. The number of aromatic nitrogens is 3. The zero-order valence-electron chi connectivity index (χ0n) is 19.7. The van der Waals surface area contributed by atoms with Crippen molar-refractivity contribution in [3.8, 4) is 17.0 Å². The first-order valence-electron chi connectivity index (χ1n) is 11.1. The Hall–Kier alpha value is -3.27. The number of fused-ring (bicyclic) bond motifs is 1. The Morgan fingerprint density at radius 1 is 1.27 bits per heavy atom. The van der Waals surface area contributed by atoms with Crippen LogP contribution in [-0.4, -0.2) is 86.7 Å². The minimum absolute atomic E-state index is 0.0110. The quantitative estimate of drug-likeness (QED) is 0.680. The fourth-order valence-electron chi connectivity index (χ4n) is 3.64. The van der Waals surface area contributed by atoms with Gasteiger partial charge in [-0.05, 0) is 26.8 Å². The van der Waals surface area contributed by atoms with Crippen LogP contribution >= 0.6 is 0 Å². The van der Waals surface area contributed by atoms with Crippen molar-refractivity contribution in [1.29, 1.82) is 0 Å². The van der Waals surface area contributed by atoms with Gasteiger partial charge in [-0.15, -0.1) is 0 Å². The van der Waals surface area contributed by atoms with E-state index >= 15 is 0 Å². The molecule has 2 aromatic rings. The van der Waals surface area contributed by atoms with Crippen molar-refractivity contribution in [3.63, 3.8) is 0 Å². The van der Waals surface area contributed by atoms with Crippen LogP contribution < -0.4 is 10.1 Å². The van der Waals surface area contributed by atoms with Crippen molar-refractivity contribution in [1.82, 2.24) is 30.1 Å². The van der Waals surface area contributed by atoms with E-state index in [2.05, 4.69) is 20.3 Å². The zero-order chi connectivity index (χ0) is 24.1. The Bertz CT molecular complexity index is 971. The van der Waals surface area contributed by atoms with E-state index in [1.807, 2.05) is 20.8 Å². The molecule has 0 fully saturated rings. The van der Waals surface area contributed by atoms with E-state index in [4.69, 9.17) is 4.74 Å². The number of hydrogen-bond donors (Lipinski definition) is 2. The van der Waals surface area contributed by atoms with Crippen molar-refractivity contribution in [2.24, 2.45) is 5.92 Å². The van der Waals surface area contributed by atoms with Crippen LogP contribution in [0.2, 0.25) is 0 Å². The molecule has 0 spiro atoms. The highest BCUT2D eigenvalue weighted by atomic mass is 16.5. The van der Waals surface area contributed by atoms with Gasteiger partial charge in [-0.3, -0.25) is 4.79 Å². The number of urea groups is 1. The van der Waals surface area contributed by atoms with Gasteiger partial charge in [-0.25, -0.2) is 19.7 Å². The number of hydrogen-bond acceptors (Lipinski definition) is 7. The van der Waals surface area contributed by atoms with Crippen LogP contribution in [0.3, 0.4) is 0 Å². The van der Waals surface area contributed by atoms with Gasteiger partial charge in [0.1, 0.15) is 18.0 Å². The number of likely N-dealkylation sites (N-methyl/N-ethyl adjacent to an activating group) is 1. The fourth-order valence-corrected chi connectivity index (χ4v) is 3.64. The first kappa shape index (κ1) is 24.4. The van der Waals surface area contributed by atoms with Gasteiger partial charge < -0.3 is 25.0 Å². The van der Waals surface area contributed by atoms with Crippen LogP contribution in [0.1, 0.15) is 38.1 Å². The number of carbonyl (C=O) groups is 2. The molecule has 10 nitrogen and oxygen atoms in total. The second-order valence-electron chi connectivity index (χ2n) is 8.81. The second-order valence-corrected chi connectivity index (χ2v) is 8.81. The van der Waals surface area contributed by atoms with Crippen LogP contribution in [0, 0.1) is 5.92 Å². The molecule has 0 aliphatic carbocycles. The molecule has 3 atom stereocenters. The van der Waals surface area contributed by atoms with Crippen molar-refractivity contribution in [3.05, 3.63) is 36.5 Å². The number of nitrogens with zero attached hydrogens (tertiary/aromatic N) is 5. The van der Waals surface area contributed by atoms with Gasteiger partial charge in [-0.2, -0.15) is 0 Å². The van der Waals surface area contributed by atoms with Crippen LogP contribution in [-0.2, 0) is 0 Å². The third kappa shape index (κ3) is 5.75. The number of carbonyl (C=O) groups excluding carboxylic acids is 2. The smallest absolute Gasteiger partial charge is 0.317 e. The molecule has 10 heteroatoms. The maximum Gasteiger partial charge on any atom is 0.317 e. The van der Waals surface area contributed by atoms with E-state index in [1.54, 1.807) is 48.4 Å². The van der Waals surface area contributed by atoms with E-state index in [0.717, 1.165) is 5.56 Å². The van der Waals surface area contributed by atoms with Crippen molar-refractivity contribution >= 4 is 11.9 Å². The predicted molar refractivity (Wildman–Crippen MR) is 123 cm³/mol. The Morgan fingerprint density at radius 2 is 1.97 bits per heavy atom. The number of rotatable bonds is 6. The summed E-state index contributed by atoms with van der Waals surface area (Å²) in [7, 11) is 1.71. The van der Waals surface area contributed by atoms with E-state index in [1.165, 1.54) is 6.33 Å². The van der Waals surface area contributed by atoms with Gasteiger partial charge in [-0.1, -0.05) is 6.92 Å². The van der Waals surface area contributed by atoms with Crippen LogP contribution in [0.25, 0.3) is 11.1 Å². The fraction of sp³-hybridized carbons (Fsp3) is 0.522. The van der Waals surface area contributed by atoms with Gasteiger partial charge in [0, 0.05) is 55.3 Å². The summed E-state index contributed by atoms with van der Waals surface area (Å²) in [5.74, 6) is -0.187. The molecule has 1 aliphatic heterocycles. The van der Waals surface area contributed by atoms with Crippen LogP contribution in [0.4, 0.5) is 4.79 Å². The molecule has 0 saturated carbocycles. The highest BCUT2D eigenvalue weighted by molar-refractivity contribution is 5.98. The monoisotopic (exact) mass is 456 g/mol. The maximum absolute atomic E-state index is 13.5. The molecular formula is C23H32N6O4. The molecule has 1 aliphatic rings. The minimum Gasteiger partial charge on any atom is -0.472 e. The first-order chi connectivity index (χ1) is 15.7. The molecule has 178 valence electrons. The molecule has 0 saturated heterocycles. The number of nitrogens with one attached hydrogen (secondary N) is 1. The van der Waals surface area contributed by atoms with E-state index < -0.39 is 12.1 Å². The summed E-state index contributed by atoms with van der Waals surface area (Å²) in [5.41, 5.74) is 1.70. The average molecular weight is 457 g/mol. The lowest BCUT2D eigenvalue weighted by molar-refractivity contribution is 0.0352. The first-order valence-corrected chi connectivity index (χ1v) is 11.1. The second kappa shape index (κ2) is 10.6. The predicted octanol–water partition coefficient (Wildman–Crippen LogP) is 1.81. The Labute approximate surface area is 194 Å². The summed E-state index contributed by atoms with van der Waals surface area (Å²) in [6, 6.07) is 1.13. The van der Waals surface area contributed by atoms with Gasteiger partial charge in [0.2, 0.25) is 5.88 Å². The third-order valence-corrected chi connectivity index (χ3v) is 5.63. The Kier molecular flexibility index (Phi) is 7.80. The SMILES string of the molecule is CC(C)NC(=O)N(C)C[C@H]1Oc2ncc(-c3cncnc3)cc2C(=O)N([C@H](C)CO)C[C@H]1C. The molecule has 3 rings (SSSR count). The van der Waals surface area contributed by atoms with Gasteiger partial charge in [0.25, 0.3) is 5.91 Å². The normalized spacial score (nSPS) is 19.2. The summed E-state index contributed by atoms with van der Waals surface area (Å²) in [5, 5.41) is 12.7. The van der Waals surface area contributed by atoms with Crippen molar-refractivity contribution in [2.45, 2.75) is 45.9 Å². The third-order valence-electron chi connectivity index (χ3n) is 5.63. The highest BCUT2D eigenvalue weighted by Gasteiger charge is 2.34. The number of pyridine rings is 1. The molecule has 0 aromatic carbocycles. The zero-order valence-corrected chi connectivity index (χ0v) is 19.7. The summed E-state index contributed by atoms with van der Waals surface area (Å²) < 4.78 is 6.22. The molecule has 33 heavy (non-hydrogen) atoms. The number of ether oxygens (including phenoxy) is 1. The molecule has 0 radical (unpaired) electrons. The summed E-state index contributed by atoms with van der Waals surface area (Å²) >= 11 is 0. The summed E-state index contributed by atoms with van der Waals surface area (Å²) in [4.78, 5) is 41.6. The lowest BCUT2D eigenvalue weighted by Gasteiger charge is -2.37. The lowest BCUT2D eigenvalue weighted by atomic mass is 9.99. The lowest BCUT2D eigenvalue weighted by Crippen LogP contribution is -2.51. The summed E-state index contributed by atoms with van der Waals surface area (Å²) in [6.45, 7) is 8.06. The summed E-state index contributed by atoms with van der Waals surface area (Å²) in [6.07, 6.45) is 5.93.